The number of benzene rings is 2. The van der Waals surface area contributed by atoms with E-state index in [1.807, 2.05) is 68.6 Å². The Balaban J connectivity index is 2.15. The maximum absolute atomic E-state index is 13.1. The zero-order valence-corrected chi connectivity index (χ0v) is 18.6. The summed E-state index contributed by atoms with van der Waals surface area (Å²) in [5, 5.41) is 0. The molecule has 30 heavy (non-hydrogen) atoms. The van der Waals surface area contributed by atoms with Gasteiger partial charge in [0.15, 0.2) is 0 Å². The number of amides is 1. The van der Waals surface area contributed by atoms with Gasteiger partial charge in [0.1, 0.15) is 11.7 Å². The van der Waals surface area contributed by atoms with Crippen LogP contribution in [-0.4, -0.2) is 30.8 Å². The first-order valence-electron chi connectivity index (χ1n) is 10.00. The fraction of sp³-hybridized carbons (Fsp3) is 0.375. The minimum Gasteiger partial charge on any atom is -0.380 e. The number of rotatable bonds is 8. The molecule has 0 saturated carbocycles. The van der Waals surface area contributed by atoms with Gasteiger partial charge in [0.05, 0.1) is 12.6 Å². The molecular weight excluding hydrogens is 398 g/mol. The number of hydrogen-bond donors (Lipinski definition) is 0. The normalized spacial score (nSPS) is 19.0. The van der Waals surface area contributed by atoms with Crippen LogP contribution in [0.4, 0.5) is 5.69 Å². The second-order valence-corrected chi connectivity index (χ2v) is 8.74. The van der Waals surface area contributed by atoms with Crippen LogP contribution in [0.25, 0.3) is 0 Å². The van der Waals surface area contributed by atoms with Crippen LogP contribution in [0.5, 0.6) is 0 Å². The van der Waals surface area contributed by atoms with Crippen molar-refractivity contribution < 1.29 is 19.1 Å². The summed E-state index contributed by atoms with van der Waals surface area (Å²) in [6.07, 6.45) is 2.23. The van der Waals surface area contributed by atoms with Crippen molar-refractivity contribution in [2.24, 2.45) is 11.8 Å². The Hall–Kier alpha value is -2.44. The van der Waals surface area contributed by atoms with E-state index in [0.29, 0.717) is 12.3 Å². The number of carbonyl (C=O) groups excluding carboxylic acids is 3. The van der Waals surface area contributed by atoms with E-state index in [2.05, 4.69) is 0 Å². The van der Waals surface area contributed by atoms with Crippen molar-refractivity contribution in [1.82, 2.24) is 0 Å². The number of carbonyl (C=O) groups is 3. The van der Waals surface area contributed by atoms with Crippen LogP contribution in [0, 0.1) is 11.8 Å². The van der Waals surface area contributed by atoms with Gasteiger partial charge in [0.25, 0.3) is 5.91 Å². The highest BCUT2D eigenvalue weighted by Crippen LogP contribution is 2.42. The van der Waals surface area contributed by atoms with Gasteiger partial charge in [-0.2, -0.15) is 0 Å². The minimum absolute atomic E-state index is 0.102. The predicted molar refractivity (Wildman–Crippen MR) is 119 cm³/mol. The van der Waals surface area contributed by atoms with Crippen molar-refractivity contribution in [3.05, 3.63) is 59.7 Å². The first-order valence-corrected chi connectivity index (χ1v) is 11.2. The zero-order valence-electron chi connectivity index (χ0n) is 17.8. The Morgan fingerprint density at radius 2 is 1.77 bits per heavy atom. The van der Waals surface area contributed by atoms with Gasteiger partial charge in [-0.15, -0.1) is 11.8 Å². The molecule has 5 nitrogen and oxygen atoms in total. The van der Waals surface area contributed by atoms with Gasteiger partial charge in [0.2, 0.25) is 5.78 Å². The number of methoxy groups -OCH3 is 1. The van der Waals surface area contributed by atoms with Crippen molar-refractivity contribution in [2.45, 2.75) is 37.8 Å². The van der Waals surface area contributed by atoms with Gasteiger partial charge >= 0.3 is 0 Å². The van der Waals surface area contributed by atoms with Crippen LogP contribution in [0.2, 0.25) is 0 Å². The fourth-order valence-corrected chi connectivity index (χ4v) is 4.38. The lowest BCUT2D eigenvalue weighted by molar-refractivity contribution is -0.139. The summed E-state index contributed by atoms with van der Waals surface area (Å²) in [4.78, 5) is 41.8. The van der Waals surface area contributed by atoms with Crippen LogP contribution >= 0.6 is 11.8 Å². The smallest absolute Gasteiger partial charge is 0.295 e. The third-order valence-corrected chi connectivity index (χ3v) is 6.03. The maximum Gasteiger partial charge on any atom is 0.295 e. The van der Waals surface area contributed by atoms with E-state index >= 15 is 0 Å². The van der Waals surface area contributed by atoms with Crippen LogP contribution < -0.4 is 4.90 Å². The molecular formula is C24H27NO4S. The number of hydrogen-bond acceptors (Lipinski definition) is 5. The third-order valence-electron chi connectivity index (χ3n) is 5.29. The van der Waals surface area contributed by atoms with E-state index in [0.717, 1.165) is 16.0 Å². The molecule has 2 unspecified atom stereocenters. The van der Waals surface area contributed by atoms with Gasteiger partial charge < -0.3 is 4.74 Å². The molecule has 0 aromatic heterocycles. The highest BCUT2D eigenvalue weighted by atomic mass is 32.2. The average Bonchev–Trinajstić information content (AvgIpc) is 2.99. The Morgan fingerprint density at radius 1 is 1.10 bits per heavy atom. The summed E-state index contributed by atoms with van der Waals surface area (Å²) in [6, 6.07) is 14.4. The lowest BCUT2D eigenvalue weighted by atomic mass is 9.84. The Labute approximate surface area is 181 Å². The third kappa shape index (κ3) is 4.35. The molecule has 2 aromatic rings. The maximum atomic E-state index is 13.1. The Morgan fingerprint density at radius 3 is 2.37 bits per heavy atom. The highest BCUT2D eigenvalue weighted by molar-refractivity contribution is 7.98. The monoisotopic (exact) mass is 425 g/mol. The number of ether oxygens (including phenoxy) is 1. The summed E-state index contributed by atoms with van der Waals surface area (Å²) in [7, 11) is 1.60. The van der Waals surface area contributed by atoms with Crippen molar-refractivity contribution in [3.63, 3.8) is 0 Å². The molecule has 1 amide bonds. The number of Topliss-reactive ketones (excluding diaryl/α,β-unsaturated/α-hetero) is 2. The molecule has 1 fully saturated rings. The van der Waals surface area contributed by atoms with Crippen LogP contribution in [-0.2, 0) is 25.7 Å². The Kier molecular flexibility index (Phi) is 7.10. The molecule has 2 aromatic carbocycles. The van der Waals surface area contributed by atoms with Crippen LogP contribution in [0.1, 0.15) is 37.4 Å². The van der Waals surface area contributed by atoms with E-state index in [1.54, 1.807) is 18.9 Å². The zero-order chi connectivity index (χ0) is 21.8. The van der Waals surface area contributed by atoms with Gasteiger partial charge in [-0.1, -0.05) is 38.1 Å². The van der Waals surface area contributed by atoms with Crippen molar-refractivity contribution >= 4 is 34.9 Å². The molecule has 3 rings (SSSR count). The average molecular weight is 426 g/mol. The predicted octanol–water partition coefficient (Wildman–Crippen LogP) is 4.44. The van der Waals surface area contributed by atoms with Crippen LogP contribution in [0.3, 0.4) is 0 Å². The molecule has 6 heteroatoms. The summed E-state index contributed by atoms with van der Waals surface area (Å²) >= 11 is 1.60. The largest absolute Gasteiger partial charge is 0.380 e. The molecule has 0 spiro atoms. The highest BCUT2D eigenvalue weighted by Gasteiger charge is 2.52. The SMILES string of the molecule is COCc1ccccc1C1C(C(=O)CC(C)C)C(=O)C(=O)N1c1ccc(SC)cc1. The quantitative estimate of drug-likeness (QED) is 0.355. The van der Waals surface area contributed by atoms with Crippen LogP contribution in [0.15, 0.2) is 53.4 Å². The molecule has 0 aliphatic carbocycles. The van der Waals surface area contributed by atoms with E-state index < -0.39 is 23.7 Å². The summed E-state index contributed by atoms with van der Waals surface area (Å²) in [6.45, 7) is 4.21. The van der Waals surface area contributed by atoms with Crippen molar-refractivity contribution in [1.29, 1.82) is 0 Å². The number of ketones is 2. The number of anilines is 1. The fourth-order valence-electron chi connectivity index (χ4n) is 3.97. The molecule has 1 aliphatic heterocycles. The minimum atomic E-state index is -1.02. The number of thioether (sulfide) groups is 1. The molecule has 0 N–H and O–H groups in total. The molecule has 1 aliphatic rings. The molecule has 0 bridgehead atoms. The van der Waals surface area contributed by atoms with Gasteiger partial charge in [-0.25, -0.2) is 0 Å². The van der Waals surface area contributed by atoms with Gasteiger partial charge in [0, 0.05) is 24.1 Å². The summed E-state index contributed by atoms with van der Waals surface area (Å²) in [5.41, 5.74) is 2.25. The van der Waals surface area contributed by atoms with Crippen molar-refractivity contribution in [3.8, 4) is 0 Å². The first kappa shape index (κ1) is 22.2. The summed E-state index contributed by atoms with van der Waals surface area (Å²) in [5.74, 6) is -2.37. The molecule has 2 atom stereocenters. The van der Waals surface area contributed by atoms with E-state index in [-0.39, 0.29) is 18.1 Å². The van der Waals surface area contributed by atoms with E-state index in [4.69, 9.17) is 4.74 Å². The Bertz CT molecular complexity index is 938. The first-order chi connectivity index (χ1) is 14.4. The van der Waals surface area contributed by atoms with E-state index in [9.17, 15) is 14.4 Å². The molecule has 1 heterocycles. The lowest BCUT2D eigenvalue weighted by Gasteiger charge is -2.29. The van der Waals surface area contributed by atoms with Gasteiger partial charge in [-0.3, -0.25) is 19.3 Å². The molecule has 1 saturated heterocycles. The number of nitrogens with zero attached hydrogens (tertiary/aromatic N) is 1. The van der Waals surface area contributed by atoms with Gasteiger partial charge in [-0.05, 0) is 47.6 Å². The molecule has 0 radical (unpaired) electrons. The second kappa shape index (κ2) is 9.58. The molecule has 158 valence electrons. The second-order valence-electron chi connectivity index (χ2n) is 7.86. The topological polar surface area (TPSA) is 63.7 Å². The standard InChI is InChI=1S/C24H27NO4S/c1-15(2)13-20(26)21-22(19-8-6-5-7-16(19)14-29-3)25(24(28)23(21)27)17-9-11-18(30-4)12-10-17/h5-12,15,21-22H,13-14H2,1-4H3. The van der Waals surface area contributed by atoms with E-state index in [1.165, 1.54) is 4.90 Å². The van der Waals surface area contributed by atoms with Crippen molar-refractivity contribution in [2.75, 3.05) is 18.3 Å². The lowest BCUT2D eigenvalue weighted by Crippen LogP contribution is -2.31. The summed E-state index contributed by atoms with van der Waals surface area (Å²) < 4.78 is 5.34.